The molecule has 1 fully saturated rings. The molecule has 19 heavy (non-hydrogen) atoms. The molecule has 0 radical (unpaired) electrons. The highest BCUT2D eigenvalue weighted by Gasteiger charge is 2.28. The van der Waals surface area contributed by atoms with Crippen molar-refractivity contribution >= 4 is 0 Å². The van der Waals surface area contributed by atoms with Crippen LogP contribution in [0.3, 0.4) is 0 Å². The van der Waals surface area contributed by atoms with Gasteiger partial charge in [0, 0.05) is 13.1 Å². The van der Waals surface area contributed by atoms with Crippen molar-refractivity contribution in [3.8, 4) is 0 Å². The molecule has 2 nitrogen and oxygen atoms in total. The van der Waals surface area contributed by atoms with E-state index in [2.05, 4.69) is 29.2 Å². The van der Waals surface area contributed by atoms with Crippen LogP contribution < -0.4 is 5.73 Å². The molecule has 0 saturated heterocycles. The topological polar surface area (TPSA) is 29.3 Å². The summed E-state index contributed by atoms with van der Waals surface area (Å²) in [6, 6.07) is 8.97. The Balaban J connectivity index is 1.66. The minimum Gasteiger partial charge on any atom is -0.330 e. The minimum atomic E-state index is 0.776. The summed E-state index contributed by atoms with van der Waals surface area (Å²) < 4.78 is 0. The molecule has 1 aromatic carbocycles. The number of benzene rings is 1. The largest absolute Gasteiger partial charge is 0.330 e. The molecule has 2 heteroatoms. The van der Waals surface area contributed by atoms with E-state index in [1.807, 2.05) is 0 Å². The van der Waals surface area contributed by atoms with Crippen LogP contribution >= 0.6 is 0 Å². The Bertz CT molecular complexity index is 415. The van der Waals surface area contributed by atoms with Gasteiger partial charge in [0.15, 0.2) is 0 Å². The minimum absolute atomic E-state index is 0.776. The summed E-state index contributed by atoms with van der Waals surface area (Å²) in [5.74, 6) is 1.62. The van der Waals surface area contributed by atoms with Gasteiger partial charge in [-0.15, -0.1) is 0 Å². The smallest absolute Gasteiger partial charge is 0.0236 e. The molecule has 0 bridgehead atoms. The maximum atomic E-state index is 5.92. The first-order valence-electron chi connectivity index (χ1n) is 7.86. The maximum Gasteiger partial charge on any atom is 0.0236 e. The highest BCUT2D eigenvalue weighted by Crippen LogP contribution is 2.32. The standard InChI is InChI=1S/C17H26N2/c18-11-15-7-3-8-17(15)13-19-10-4-9-14-5-1-2-6-16(14)12-19/h1-2,5-6,15,17H,3-4,7-13,18H2. The van der Waals surface area contributed by atoms with Crippen molar-refractivity contribution < 1.29 is 0 Å². The van der Waals surface area contributed by atoms with E-state index in [4.69, 9.17) is 5.73 Å². The third-order valence-corrected chi connectivity index (χ3v) is 5.04. The number of nitrogens with two attached hydrogens (primary N) is 1. The molecule has 1 aliphatic carbocycles. The van der Waals surface area contributed by atoms with Gasteiger partial charge in [-0.3, -0.25) is 4.90 Å². The molecule has 1 saturated carbocycles. The van der Waals surface area contributed by atoms with Gasteiger partial charge < -0.3 is 5.73 Å². The van der Waals surface area contributed by atoms with E-state index < -0.39 is 0 Å². The van der Waals surface area contributed by atoms with E-state index in [0.29, 0.717) is 0 Å². The predicted octanol–water partition coefficient (Wildman–Crippen LogP) is 2.81. The zero-order valence-corrected chi connectivity index (χ0v) is 11.9. The molecule has 2 atom stereocenters. The summed E-state index contributed by atoms with van der Waals surface area (Å²) in [6.07, 6.45) is 6.68. The molecule has 0 spiro atoms. The van der Waals surface area contributed by atoms with Crippen LogP contribution in [0.2, 0.25) is 0 Å². The molecule has 1 aliphatic heterocycles. The second kappa shape index (κ2) is 6.06. The van der Waals surface area contributed by atoms with Gasteiger partial charge in [0.25, 0.3) is 0 Å². The summed E-state index contributed by atoms with van der Waals surface area (Å²) in [7, 11) is 0. The molecule has 1 aromatic rings. The zero-order valence-electron chi connectivity index (χ0n) is 11.9. The van der Waals surface area contributed by atoms with Crippen molar-refractivity contribution in [1.29, 1.82) is 0 Å². The van der Waals surface area contributed by atoms with Crippen molar-refractivity contribution in [2.75, 3.05) is 19.6 Å². The molecule has 1 heterocycles. The van der Waals surface area contributed by atoms with Crippen molar-refractivity contribution in [2.45, 2.75) is 38.6 Å². The van der Waals surface area contributed by atoms with Gasteiger partial charge >= 0.3 is 0 Å². The number of rotatable bonds is 3. The van der Waals surface area contributed by atoms with Gasteiger partial charge in [-0.1, -0.05) is 30.7 Å². The van der Waals surface area contributed by atoms with E-state index in [1.54, 1.807) is 11.1 Å². The van der Waals surface area contributed by atoms with Crippen LogP contribution in [0.4, 0.5) is 0 Å². The highest BCUT2D eigenvalue weighted by atomic mass is 15.1. The summed E-state index contributed by atoms with van der Waals surface area (Å²) in [4.78, 5) is 2.67. The number of aryl methyl sites for hydroxylation is 1. The van der Waals surface area contributed by atoms with Crippen molar-refractivity contribution in [3.05, 3.63) is 35.4 Å². The van der Waals surface area contributed by atoms with Crippen LogP contribution in [0.15, 0.2) is 24.3 Å². The molecular weight excluding hydrogens is 232 g/mol. The summed E-state index contributed by atoms with van der Waals surface area (Å²) >= 11 is 0. The van der Waals surface area contributed by atoms with Crippen LogP contribution in [0.5, 0.6) is 0 Å². The van der Waals surface area contributed by atoms with E-state index in [-0.39, 0.29) is 0 Å². The second-order valence-electron chi connectivity index (χ2n) is 6.29. The first-order valence-corrected chi connectivity index (χ1v) is 7.86. The van der Waals surface area contributed by atoms with Crippen LogP contribution in [0.25, 0.3) is 0 Å². The van der Waals surface area contributed by atoms with E-state index in [1.165, 1.54) is 45.2 Å². The SMILES string of the molecule is NCC1CCCC1CN1CCCc2ccccc2C1. The fraction of sp³-hybridized carbons (Fsp3) is 0.647. The number of hydrogen-bond donors (Lipinski definition) is 1. The number of nitrogens with zero attached hydrogens (tertiary/aromatic N) is 1. The van der Waals surface area contributed by atoms with Gasteiger partial charge in [0.05, 0.1) is 0 Å². The first kappa shape index (κ1) is 13.1. The van der Waals surface area contributed by atoms with Crippen LogP contribution in [0, 0.1) is 11.8 Å². The van der Waals surface area contributed by atoms with Crippen LogP contribution in [-0.2, 0) is 13.0 Å². The molecule has 3 rings (SSSR count). The fourth-order valence-electron chi connectivity index (χ4n) is 3.92. The molecule has 2 unspecified atom stereocenters. The third kappa shape index (κ3) is 3.01. The molecule has 2 N–H and O–H groups in total. The van der Waals surface area contributed by atoms with Gasteiger partial charge in [0.1, 0.15) is 0 Å². The van der Waals surface area contributed by atoms with Gasteiger partial charge in [0.2, 0.25) is 0 Å². The number of hydrogen-bond acceptors (Lipinski definition) is 2. The Labute approximate surface area is 117 Å². The number of fused-ring (bicyclic) bond motifs is 1. The van der Waals surface area contributed by atoms with Gasteiger partial charge in [-0.05, 0) is 61.7 Å². The van der Waals surface area contributed by atoms with Crippen molar-refractivity contribution in [3.63, 3.8) is 0 Å². The second-order valence-corrected chi connectivity index (χ2v) is 6.29. The predicted molar refractivity (Wildman–Crippen MR) is 79.9 cm³/mol. The zero-order chi connectivity index (χ0) is 13.1. The van der Waals surface area contributed by atoms with Crippen molar-refractivity contribution in [1.82, 2.24) is 4.90 Å². The lowest BCUT2D eigenvalue weighted by Gasteiger charge is -2.27. The summed E-state index contributed by atoms with van der Waals surface area (Å²) in [6.45, 7) is 4.54. The average Bonchev–Trinajstić information content (AvgIpc) is 2.77. The average molecular weight is 258 g/mol. The maximum absolute atomic E-state index is 5.92. The summed E-state index contributed by atoms with van der Waals surface area (Å²) in [5.41, 5.74) is 9.02. The fourth-order valence-corrected chi connectivity index (χ4v) is 3.92. The van der Waals surface area contributed by atoms with Crippen LogP contribution in [0.1, 0.15) is 36.8 Å². The molecular formula is C17H26N2. The Morgan fingerprint density at radius 1 is 1.05 bits per heavy atom. The van der Waals surface area contributed by atoms with Gasteiger partial charge in [-0.25, -0.2) is 0 Å². The van der Waals surface area contributed by atoms with E-state index in [0.717, 1.165) is 24.9 Å². The van der Waals surface area contributed by atoms with Crippen molar-refractivity contribution in [2.24, 2.45) is 17.6 Å². The van der Waals surface area contributed by atoms with E-state index in [9.17, 15) is 0 Å². The monoisotopic (exact) mass is 258 g/mol. The molecule has 2 aliphatic rings. The van der Waals surface area contributed by atoms with Crippen LogP contribution in [-0.4, -0.2) is 24.5 Å². The normalized spacial score (nSPS) is 28.1. The Kier molecular flexibility index (Phi) is 4.19. The lowest BCUT2D eigenvalue weighted by atomic mass is 9.95. The Morgan fingerprint density at radius 3 is 2.68 bits per heavy atom. The summed E-state index contributed by atoms with van der Waals surface area (Å²) in [5, 5.41) is 0. The Morgan fingerprint density at radius 2 is 1.84 bits per heavy atom. The molecule has 0 aromatic heterocycles. The first-order chi connectivity index (χ1) is 9.36. The highest BCUT2D eigenvalue weighted by molar-refractivity contribution is 5.28. The lowest BCUT2D eigenvalue weighted by molar-refractivity contribution is 0.202. The third-order valence-electron chi connectivity index (χ3n) is 5.04. The van der Waals surface area contributed by atoms with E-state index >= 15 is 0 Å². The Hall–Kier alpha value is -0.860. The quantitative estimate of drug-likeness (QED) is 0.903. The molecule has 104 valence electrons. The van der Waals surface area contributed by atoms with Gasteiger partial charge in [-0.2, -0.15) is 0 Å². The molecule has 0 amide bonds. The lowest BCUT2D eigenvalue weighted by Crippen LogP contribution is -2.33.